The van der Waals surface area contributed by atoms with Gasteiger partial charge in [-0.05, 0) is 6.92 Å². The highest BCUT2D eigenvalue weighted by atomic mass is 19.4. The number of ether oxygens (including phenoxy) is 1. The molecule has 0 saturated heterocycles. The molecule has 0 radical (unpaired) electrons. The molecule has 0 aliphatic carbocycles. The van der Waals surface area contributed by atoms with E-state index in [0.717, 1.165) is 0 Å². The number of carbonyl (C=O) groups is 2. The maximum absolute atomic E-state index is 12.8. The number of Topliss-reactive ketones (excluding diaryl/α,β-unsaturated/α-hetero) is 1. The van der Waals surface area contributed by atoms with Gasteiger partial charge in [0.1, 0.15) is 0 Å². The summed E-state index contributed by atoms with van der Waals surface area (Å²) in [5.41, 5.74) is 0.0885. The van der Waals surface area contributed by atoms with E-state index >= 15 is 0 Å². The zero-order valence-electron chi connectivity index (χ0n) is 11.1. The highest BCUT2D eigenvalue weighted by Crippen LogP contribution is 2.32. The zero-order chi connectivity index (χ0) is 15.3. The van der Waals surface area contributed by atoms with Crippen LogP contribution in [-0.2, 0) is 16.6 Å². The van der Waals surface area contributed by atoms with Crippen LogP contribution in [0.4, 0.5) is 13.2 Å². The number of aryl methyl sites for hydroxylation is 1. The number of aromatic nitrogens is 2. The summed E-state index contributed by atoms with van der Waals surface area (Å²) in [6.07, 6.45) is -3.76. The van der Waals surface area contributed by atoms with Crippen molar-refractivity contribution in [3.8, 4) is 0 Å². The molecule has 1 aromatic heterocycles. The van der Waals surface area contributed by atoms with E-state index in [4.69, 9.17) is 0 Å². The third kappa shape index (κ3) is 4.67. The van der Waals surface area contributed by atoms with Crippen molar-refractivity contribution in [1.29, 1.82) is 0 Å². The Hall–Kier alpha value is -1.86. The van der Waals surface area contributed by atoms with Crippen LogP contribution in [-0.4, -0.2) is 34.3 Å². The second-order valence-electron chi connectivity index (χ2n) is 4.28. The summed E-state index contributed by atoms with van der Waals surface area (Å²) >= 11 is 0. The van der Waals surface area contributed by atoms with Crippen LogP contribution in [0.1, 0.15) is 30.1 Å². The normalized spacial score (nSPS) is 13.1. The molecule has 112 valence electrons. The molecule has 0 N–H and O–H groups in total. The first-order valence-corrected chi connectivity index (χ1v) is 5.98. The first-order valence-electron chi connectivity index (χ1n) is 5.98. The summed E-state index contributed by atoms with van der Waals surface area (Å²) in [5, 5.41) is 3.72. The Labute approximate surface area is 113 Å². The Morgan fingerprint density at radius 3 is 2.50 bits per heavy atom. The van der Waals surface area contributed by atoms with Crippen LogP contribution in [0.25, 0.3) is 0 Å². The molecule has 20 heavy (non-hydrogen) atoms. The number of hydrogen-bond acceptors (Lipinski definition) is 4. The van der Waals surface area contributed by atoms with E-state index < -0.39 is 36.7 Å². The van der Waals surface area contributed by atoms with Gasteiger partial charge in [0.25, 0.3) is 0 Å². The minimum absolute atomic E-state index is 0.0000375. The predicted octanol–water partition coefficient (Wildman–Crippen LogP) is 2.12. The minimum Gasteiger partial charge on any atom is -0.466 e. The molecule has 5 nitrogen and oxygen atoms in total. The van der Waals surface area contributed by atoms with Crippen LogP contribution in [0.3, 0.4) is 0 Å². The van der Waals surface area contributed by atoms with E-state index in [9.17, 15) is 22.8 Å². The summed E-state index contributed by atoms with van der Waals surface area (Å²) in [6.45, 7) is 1.50. The second-order valence-corrected chi connectivity index (χ2v) is 4.28. The maximum Gasteiger partial charge on any atom is 0.392 e. The summed E-state index contributed by atoms with van der Waals surface area (Å²) in [6, 6.07) is 0. The van der Waals surface area contributed by atoms with E-state index in [-0.39, 0.29) is 12.2 Å². The van der Waals surface area contributed by atoms with Crippen LogP contribution >= 0.6 is 0 Å². The van der Waals surface area contributed by atoms with Crippen LogP contribution in [0.2, 0.25) is 0 Å². The first-order chi connectivity index (χ1) is 9.24. The number of carbonyl (C=O) groups excluding carboxylic acids is 2. The van der Waals surface area contributed by atoms with Crippen molar-refractivity contribution in [3.63, 3.8) is 0 Å². The molecule has 0 saturated carbocycles. The predicted molar refractivity (Wildman–Crippen MR) is 63.0 cm³/mol. The topological polar surface area (TPSA) is 61.2 Å². The smallest absolute Gasteiger partial charge is 0.392 e. The fourth-order valence-corrected chi connectivity index (χ4v) is 1.63. The molecule has 0 aromatic carbocycles. The summed E-state index contributed by atoms with van der Waals surface area (Å²) in [7, 11) is 1.55. The molecule has 1 rings (SSSR count). The Morgan fingerprint density at radius 2 is 2.05 bits per heavy atom. The number of esters is 1. The number of ketones is 1. The molecule has 1 aromatic rings. The van der Waals surface area contributed by atoms with Crippen molar-refractivity contribution >= 4 is 11.8 Å². The fraction of sp³-hybridized carbons (Fsp3) is 0.583. The number of alkyl halides is 3. The highest BCUT2D eigenvalue weighted by molar-refractivity contribution is 5.96. The Morgan fingerprint density at radius 1 is 1.40 bits per heavy atom. The SMILES string of the molecule is CCOC(=O)CC(CC(=O)c1cnn(C)c1)C(F)(F)F. The Kier molecular flexibility index (Phi) is 5.29. The van der Waals surface area contributed by atoms with Gasteiger partial charge >= 0.3 is 12.1 Å². The lowest BCUT2D eigenvalue weighted by Crippen LogP contribution is -2.28. The van der Waals surface area contributed by atoms with Gasteiger partial charge in [-0.15, -0.1) is 0 Å². The van der Waals surface area contributed by atoms with E-state index in [0.29, 0.717) is 0 Å². The standard InChI is InChI=1S/C12H15F3N2O3/c1-3-20-11(19)5-9(12(13,14)15)4-10(18)8-6-16-17(2)7-8/h6-7,9H,3-5H2,1-2H3. The molecule has 0 aliphatic heterocycles. The first kappa shape index (κ1) is 16.2. The van der Waals surface area contributed by atoms with Gasteiger partial charge < -0.3 is 4.74 Å². The molecule has 8 heteroatoms. The van der Waals surface area contributed by atoms with E-state index in [1.54, 1.807) is 7.05 Å². The molecule has 0 spiro atoms. The van der Waals surface area contributed by atoms with Gasteiger partial charge in [0.2, 0.25) is 0 Å². The molecule has 0 aliphatic rings. The lowest BCUT2D eigenvalue weighted by atomic mass is 9.96. The number of nitrogens with zero attached hydrogens (tertiary/aromatic N) is 2. The molecule has 0 bridgehead atoms. The Bertz CT molecular complexity index is 483. The van der Waals surface area contributed by atoms with Crippen LogP contribution in [0, 0.1) is 5.92 Å². The molecule has 1 unspecified atom stereocenters. The van der Waals surface area contributed by atoms with Crippen molar-refractivity contribution in [1.82, 2.24) is 9.78 Å². The fourth-order valence-electron chi connectivity index (χ4n) is 1.63. The van der Waals surface area contributed by atoms with Gasteiger partial charge in [-0.3, -0.25) is 14.3 Å². The number of hydrogen-bond donors (Lipinski definition) is 0. The van der Waals surface area contributed by atoms with Gasteiger partial charge in [-0.25, -0.2) is 0 Å². The zero-order valence-corrected chi connectivity index (χ0v) is 11.1. The largest absolute Gasteiger partial charge is 0.466 e. The van der Waals surface area contributed by atoms with Gasteiger partial charge in [-0.1, -0.05) is 0 Å². The average molecular weight is 292 g/mol. The minimum atomic E-state index is -4.63. The van der Waals surface area contributed by atoms with Crippen molar-refractivity contribution in [2.45, 2.75) is 25.9 Å². The van der Waals surface area contributed by atoms with Gasteiger partial charge in [0.05, 0.1) is 30.7 Å². The van der Waals surface area contributed by atoms with Crippen molar-refractivity contribution in [2.24, 2.45) is 13.0 Å². The molecular weight excluding hydrogens is 277 g/mol. The molecule has 1 heterocycles. The molecule has 0 fully saturated rings. The van der Waals surface area contributed by atoms with Gasteiger partial charge in [-0.2, -0.15) is 18.3 Å². The highest BCUT2D eigenvalue weighted by Gasteiger charge is 2.42. The van der Waals surface area contributed by atoms with E-state index in [2.05, 4.69) is 9.84 Å². The van der Waals surface area contributed by atoms with Crippen molar-refractivity contribution < 1.29 is 27.5 Å². The second kappa shape index (κ2) is 6.53. The van der Waals surface area contributed by atoms with Gasteiger partial charge in [0, 0.05) is 19.7 Å². The lowest BCUT2D eigenvalue weighted by molar-refractivity contribution is -0.183. The van der Waals surface area contributed by atoms with Crippen LogP contribution in [0.5, 0.6) is 0 Å². The summed E-state index contributed by atoms with van der Waals surface area (Å²) in [5.74, 6) is -3.72. The molecule has 1 atom stereocenters. The maximum atomic E-state index is 12.8. The van der Waals surface area contributed by atoms with E-state index in [1.807, 2.05) is 0 Å². The summed E-state index contributed by atoms with van der Waals surface area (Å²) in [4.78, 5) is 22.9. The third-order valence-electron chi connectivity index (χ3n) is 2.64. The Balaban J connectivity index is 2.75. The van der Waals surface area contributed by atoms with E-state index in [1.165, 1.54) is 24.0 Å². The quantitative estimate of drug-likeness (QED) is 0.595. The molecule has 0 amide bonds. The number of rotatable bonds is 6. The van der Waals surface area contributed by atoms with Gasteiger partial charge in [0.15, 0.2) is 5.78 Å². The number of halogens is 3. The van der Waals surface area contributed by atoms with Crippen LogP contribution < -0.4 is 0 Å². The summed E-state index contributed by atoms with van der Waals surface area (Å²) < 4.78 is 44.3. The monoisotopic (exact) mass is 292 g/mol. The molecular formula is C12H15F3N2O3. The average Bonchev–Trinajstić information content (AvgIpc) is 2.74. The third-order valence-corrected chi connectivity index (χ3v) is 2.64. The van der Waals surface area contributed by atoms with Crippen molar-refractivity contribution in [2.75, 3.05) is 6.61 Å². The van der Waals surface area contributed by atoms with Crippen molar-refractivity contribution in [3.05, 3.63) is 18.0 Å². The lowest BCUT2D eigenvalue weighted by Gasteiger charge is -2.18. The van der Waals surface area contributed by atoms with Crippen LogP contribution in [0.15, 0.2) is 12.4 Å².